The van der Waals surface area contributed by atoms with Gasteiger partial charge in [0.1, 0.15) is 11.5 Å². The number of aryl methyl sites for hydroxylation is 1. The Morgan fingerprint density at radius 1 is 1.03 bits per heavy atom. The van der Waals surface area contributed by atoms with Gasteiger partial charge in [-0.05, 0) is 55.0 Å². The van der Waals surface area contributed by atoms with Crippen LogP contribution in [0.1, 0.15) is 5.56 Å². The number of ether oxygens (including phenoxy) is 2. The van der Waals surface area contributed by atoms with Crippen LogP contribution < -0.4 is 25.6 Å². The molecule has 30 heavy (non-hydrogen) atoms. The molecule has 0 aliphatic heterocycles. The van der Waals surface area contributed by atoms with Crippen LogP contribution >= 0.6 is 28.1 Å². The van der Waals surface area contributed by atoms with Crippen molar-refractivity contribution in [2.24, 2.45) is 0 Å². The van der Waals surface area contributed by atoms with E-state index in [0.717, 1.165) is 10.0 Å². The number of carbonyl (C=O) groups excluding carboxylic acids is 2. The van der Waals surface area contributed by atoms with Gasteiger partial charge in [0.2, 0.25) is 0 Å². The van der Waals surface area contributed by atoms with Crippen molar-refractivity contribution in [2.45, 2.75) is 6.92 Å². The van der Waals surface area contributed by atoms with Crippen LogP contribution in [-0.2, 0) is 9.59 Å². The third-order valence-electron chi connectivity index (χ3n) is 3.49. The summed E-state index contributed by atoms with van der Waals surface area (Å²) in [7, 11) is 0. The summed E-state index contributed by atoms with van der Waals surface area (Å²) < 4.78 is 11.5. The first-order valence-electron chi connectivity index (χ1n) is 8.39. The first-order chi connectivity index (χ1) is 14.2. The smallest absolute Gasteiger partial charge is 0.276 e. The first-order valence-corrected chi connectivity index (χ1v) is 9.59. The van der Waals surface area contributed by atoms with Crippen LogP contribution in [-0.4, -0.2) is 35.1 Å². The summed E-state index contributed by atoms with van der Waals surface area (Å²) in [5.41, 5.74) is 5.48. The standard InChI is InChI=1S/C18H17BrN4O6S/c1-11-8-14(6-7-15(11)19)29-9-16(24)20-18(30)22-21-17(25)10-28-13-4-2-12(3-5-13)23(26)27/h2-8H,9-10H2,1H3,(H,21,25)(H2,20,22,24,30). The lowest BCUT2D eigenvalue weighted by Gasteiger charge is -2.12. The van der Waals surface area contributed by atoms with Crippen LogP contribution in [0.5, 0.6) is 11.5 Å². The normalized spacial score (nSPS) is 9.93. The number of hydrazine groups is 1. The number of carbonyl (C=O) groups is 2. The van der Waals surface area contributed by atoms with Crippen LogP contribution in [0.4, 0.5) is 5.69 Å². The second-order valence-electron chi connectivity index (χ2n) is 5.79. The van der Waals surface area contributed by atoms with Gasteiger partial charge in [-0.3, -0.25) is 35.9 Å². The minimum absolute atomic E-state index is 0.0891. The lowest BCUT2D eigenvalue weighted by molar-refractivity contribution is -0.384. The third-order valence-corrected chi connectivity index (χ3v) is 4.58. The predicted octanol–water partition coefficient (Wildman–Crippen LogP) is 2.15. The van der Waals surface area contributed by atoms with Crippen LogP contribution in [0.2, 0.25) is 0 Å². The van der Waals surface area contributed by atoms with E-state index in [1.165, 1.54) is 24.3 Å². The summed E-state index contributed by atoms with van der Waals surface area (Å²) in [6, 6.07) is 10.6. The Hall–Kier alpha value is -3.25. The van der Waals surface area contributed by atoms with Crippen molar-refractivity contribution in [1.82, 2.24) is 16.2 Å². The van der Waals surface area contributed by atoms with Crippen LogP contribution in [0.15, 0.2) is 46.9 Å². The van der Waals surface area contributed by atoms with Gasteiger partial charge >= 0.3 is 0 Å². The number of nitro groups is 1. The number of hydrogen-bond acceptors (Lipinski definition) is 7. The molecule has 0 heterocycles. The molecule has 0 saturated heterocycles. The number of thiocarbonyl (C=S) groups is 1. The number of nitrogens with zero attached hydrogens (tertiary/aromatic N) is 1. The van der Waals surface area contributed by atoms with E-state index in [9.17, 15) is 19.7 Å². The maximum Gasteiger partial charge on any atom is 0.276 e. The summed E-state index contributed by atoms with van der Waals surface area (Å²) in [6.07, 6.45) is 0. The van der Waals surface area contributed by atoms with Crippen molar-refractivity contribution in [3.63, 3.8) is 0 Å². The summed E-state index contributed by atoms with van der Waals surface area (Å²) >= 11 is 8.28. The second kappa shape index (κ2) is 11.1. The maximum atomic E-state index is 11.9. The van der Waals surface area contributed by atoms with Gasteiger partial charge in [0.05, 0.1) is 4.92 Å². The summed E-state index contributed by atoms with van der Waals surface area (Å²) in [6.45, 7) is 1.26. The fourth-order valence-electron chi connectivity index (χ4n) is 2.03. The van der Waals surface area contributed by atoms with Gasteiger partial charge in [-0.2, -0.15) is 0 Å². The monoisotopic (exact) mass is 496 g/mol. The Labute approximate surface area is 185 Å². The molecule has 2 aromatic rings. The topological polar surface area (TPSA) is 132 Å². The number of halogens is 1. The average molecular weight is 497 g/mol. The summed E-state index contributed by atoms with van der Waals surface area (Å²) in [5.74, 6) is -0.274. The highest BCUT2D eigenvalue weighted by Gasteiger charge is 2.09. The number of rotatable bonds is 7. The van der Waals surface area contributed by atoms with Gasteiger partial charge in [0.15, 0.2) is 18.3 Å². The van der Waals surface area contributed by atoms with Crippen LogP contribution in [0.3, 0.4) is 0 Å². The quantitative estimate of drug-likeness (QED) is 0.301. The van der Waals surface area contributed by atoms with Gasteiger partial charge in [-0.25, -0.2) is 0 Å². The number of hydrogen-bond donors (Lipinski definition) is 3. The Kier molecular flexibility index (Phi) is 8.50. The molecule has 0 radical (unpaired) electrons. The molecule has 0 fully saturated rings. The van der Waals surface area contributed by atoms with Crippen LogP contribution in [0, 0.1) is 17.0 Å². The molecule has 158 valence electrons. The van der Waals surface area contributed by atoms with E-state index in [2.05, 4.69) is 32.1 Å². The molecule has 12 heteroatoms. The molecule has 2 rings (SSSR count). The van der Waals surface area contributed by atoms with E-state index in [1.807, 2.05) is 13.0 Å². The lowest BCUT2D eigenvalue weighted by atomic mass is 10.2. The van der Waals surface area contributed by atoms with E-state index in [4.69, 9.17) is 21.7 Å². The Morgan fingerprint density at radius 2 is 1.63 bits per heavy atom. The zero-order chi connectivity index (χ0) is 22.1. The minimum atomic E-state index is -0.577. The SMILES string of the molecule is Cc1cc(OCC(=O)NC(=S)NNC(=O)COc2ccc([N+](=O)[O-])cc2)ccc1Br. The van der Waals surface area contributed by atoms with Crippen molar-refractivity contribution in [3.05, 3.63) is 62.6 Å². The fraction of sp³-hybridized carbons (Fsp3) is 0.167. The minimum Gasteiger partial charge on any atom is -0.484 e. The molecule has 0 bridgehead atoms. The number of nitro benzene ring substituents is 1. The molecular formula is C18H17BrN4O6S. The van der Waals surface area contributed by atoms with Gasteiger partial charge in [-0.15, -0.1) is 0 Å². The highest BCUT2D eigenvalue weighted by molar-refractivity contribution is 9.10. The molecule has 0 spiro atoms. The average Bonchev–Trinajstić information content (AvgIpc) is 2.72. The largest absolute Gasteiger partial charge is 0.484 e. The number of non-ortho nitro benzene ring substituents is 1. The zero-order valence-electron chi connectivity index (χ0n) is 15.6. The molecule has 0 atom stereocenters. The molecule has 2 amide bonds. The highest BCUT2D eigenvalue weighted by Crippen LogP contribution is 2.21. The van der Waals surface area contributed by atoms with E-state index in [1.54, 1.807) is 12.1 Å². The predicted molar refractivity (Wildman–Crippen MR) is 115 cm³/mol. The number of benzene rings is 2. The fourth-order valence-corrected chi connectivity index (χ4v) is 2.44. The van der Waals surface area contributed by atoms with Gasteiger partial charge in [0, 0.05) is 16.6 Å². The summed E-state index contributed by atoms with van der Waals surface area (Å²) in [4.78, 5) is 33.6. The first kappa shape index (κ1) is 23.0. The molecular weight excluding hydrogens is 480 g/mol. The molecule has 10 nitrogen and oxygen atoms in total. The molecule has 0 aliphatic carbocycles. The number of nitrogens with one attached hydrogen (secondary N) is 3. The molecule has 3 N–H and O–H groups in total. The van der Waals surface area contributed by atoms with E-state index in [-0.39, 0.29) is 29.8 Å². The van der Waals surface area contributed by atoms with Gasteiger partial charge in [0.25, 0.3) is 17.5 Å². The maximum absolute atomic E-state index is 11.9. The zero-order valence-corrected chi connectivity index (χ0v) is 18.0. The van der Waals surface area contributed by atoms with Crippen molar-refractivity contribution >= 4 is 50.8 Å². The van der Waals surface area contributed by atoms with Crippen molar-refractivity contribution in [2.75, 3.05) is 13.2 Å². The van der Waals surface area contributed by atoms with Crippen molar-refractivity contribution in [3.8, 4) is 11.5 Å². The highest BCUT2D eigenvalue weighted by atomic mass is 79.9. The van der Waals surface area contributed by atoms with E-state index >= 15 is 0 Å². The Morgan fingerprint density at radius 3 is 2.27 bits per heavy atom. The molecule has 0 aliphatic rings. The Bertz CT molecular complexity index is 954. The number of amides is 2. The van der Waals surface area contributed by atoms with Gasteiger partial charge < -0.3 is 9.47 Å². The molecule has 0 aromatic heterocycles. The second-order valence-corrected chi connectivity index (χ2v) is 7.05. The van der Waals surface area contributed by atoms with E-state index in [0.29, 0.717) is 5.75 Å². The van der Waals surface area contributed by atoms with Crippen molar-refractivity contribution < 1.29 is 24.0 Å². The molecule has 2 aromatic carbocycles. The Balaban J connectivity index is 1.66. The molecule has 0 unspecified atom stereocenters. The lowest BCUT2D eigenvalue weighted by Crippen LogP contribution is -2.50. The van der Waals surface area contributed by atoms with Crippen LogP contribution in [0.25, 0.3) is 0 Å². The molecule has 0 saturated carbocycles. The van der Waals surface area contributed by atoms with E-state index < -0.39 is 16.7 Å². The van der Waals surface area contributed by atoms with Crippen molar-refractivity contribution in [1.29, 1.82) is 0 Å². The third kappa shape index (κ3) is 7.64. The van der Waals surface area contributed by atoms with Gasteiger partial charge in [-0.1, -0.05) is 15.9 Å². The summed E-state index contributed by atoms with van der Waals surface area (Å²) in [5, 5.41) is 12.8.